The Labute approximate surface area is 306 Å². The van der Waals surface area contributed by atoms with Gasteiger partial charge in [-0.1, -0.05) is 53.5 Å². The van der Waals surface area contributed by atoms with Crippen molar-refractivity contribution >= 4 is 35.6 Å². The highest BCUT2D eigenvalue weighted by atomic mass is 28.3. The first-order valence-corrected chi connectivity index (χ1v) is 20.9. The molecule has 0 amide bonds. The lowest BCUT2D eigenvalue weighted by atomic mass is 9.95. The minimum atomic E-state index is -2.27. The summed E-state index contributed by atoms with van der Waals surface area (Å²) in [5, 5.41) is 12.2. The van der Waals surface area contributed by atoms with E-state index in [1.807, 2.05) is 11.9 Å². The SMILES string of the molecule is CC(C)[Si](C#Cc1c(F)ccc2cc(O)cc(-c3ncc4c(N(C)C5(C)CC5)nc(OC[C@@]56CCCN5C[C@H](F)C6)nc4c3F)c12)(C(C)C)C(C)C. The van der Waals surface area contributed by atoms with E-state index in [4.69, 9.17) is 9.72 Å². The molecule has 3 fully saturated rings. The number of anilines is 1. The van der Waals surface area contributed by atoms with Gasteiger partial charge in [0.25, 0.3) is 0 Å². The molecule has 0 bridgehead atoms. The summed E-state index contributed by atoms with van der Waals surface area (Å²) in [7, 11) is -0.338. The predicted molar refractivity (Wildman–Crippen MR) is 204 cm³/mol. The number of aromatic nitrogens is 3. The molecule has 3 aliphatic rings. The Kier molecular flexibility index (Phi) is 9.26. The number of rotatable bonds is 9. The Morgan fingerprint density at radius 1 is 1.06 bits per heavy atom. The van der Waals surface area contributed by atoms with Crippen molar-refractivity contribution in [3.8, 4) is 34.5 Å². The van der Waals surface area contributed by atoms with E-state index in [1.54, 1.807) is 12.3 Å². The summed E-state index contributed by atoms with van der Waals surface area (Å²) in [5.41, 5.74) is 4.30. The number of phenols is 1. The Morgan fingerprint density at radius 3 is 2.44 bits per heavy atom. The molecule has 7 rings (SSSR count). The number of hydrogen-bond donors (Lipinski definition) is 1. The van der Waals surface area contributed by atoms with Crippen molar-refractivity contribution in [2.45, 2.75) is 114 Å². The van der Waals surface area contributed by atoms with Crippen LogP contribution in [0.1, 0.15) is 86.1 Å². The lowest BCUT2D eigenvalue weighted by molar-refractivity contribution is 0.107. The maximum atomic E-state index is 17.2. The van der Waals surface area contributed by atoms with E-state index in [2.05, 4.69) is 74.8 Å². The van der Waals surface area contributed by atoms with Gasteiger partial charge >= 0.3 is 6.01 Å². The highest BCUT2D eigenvalue weighted by molar-refractivity contribution is 6.90. The normalized spacial score (nSPS) is 21.3. The molecule has 2 aromatic heterocycles. The van der Waals surface area contributed by atoms with Crippen molar-refractivity contribution in [3.63, 3.8) is 0 Å². The van der Waals surface area contributed by atoms with Crippen LogP contribution in [0.15, 0.2) is 30.5 Å². The first kappa shape index (κ1) is 36.5. The van der Waals surface area contributed by atoms with Crippen molar-refractivity contribution in [1.29, 1.82) is 0 Å². The largest absolute Gasteiger partial charge is 0.508 e. The molecule has 7 nitrogen and oxygen atoms in total. The Balaban J connectivity index is 1.40. The smallest absolute Gasteiger partial charge is 0.319 e. The number of ether oxygens (including phenoxy) is 1. The summed E-state index contributed by atoms with van der Waals surface area (Å²) < 4.78 is 54.0. The van der Waals surface area contributed by atoms with Gasteiger partial charge in [-0.05, 0) is 79.4 Å². The average Bonchev–Trinajstić information content (AvgIpc) is 3.60. The molecule has 0 spiro atoms. The number of hydrogen-bond acceptors (Lipinski definition) is 7. The number of benzene rings is 2. The minimum Gasteiger partial charge on any atom is -0.508 e. The van der Waals surface area contributed by atoms with E-state index in [1.165, 1.54) is 18.2 Å². The van der Waals surface area contributed by atoms with Gasteiger partial charge in [-0.3, -0.25) is 9.88 Å². The van der Waals surface area contributed by atoms with Crippen molar-refractivity contribution in [1.82, 2.24) is 19.9 Å². The second-order valence-electron chi connectivity index (χ2n) is 16.6. The van der Waals surface area contributed by atoms with Crippen molar-refractivity contribution in [2.75, 3.05) is 31.6 Å². The lowest BCUT2D eigenvalue weighted by Crippen LogP contribution is -2.43. The summed E-state index contributed by atoms with van der Waals surface area (Å²) in [6, 6.07) is 5.88. The molecule has 2 aliphatic heterocycles. The molecule has 276 valence electrons. The third-order valence-electron chi connectivity index (χ3n) is 12.6. The lowest BCUT2D eigenvalue weighted by Gasteiger charge is -2.38. The van der Waals surface area contributed by atoms with E-state index in [0.717, 1.165) is 32.2 Å². The van der Waals surface area contributed by atoms with E-state index < -0.39 is 31.4 Å². The summed E-state index contributed by atoms with van der Waals surface area (Å²) in [4.78, 5) is 18.2. The second-order valence-corrected chi connectivity index (χ2v) is 22.2. The molecule has 2 atom stereocenters. The van der Waals surface area contributed by atoms with Crippen LogP contribution in [0.4, 0.5) is 19.0 Å². The zero-order chi connectivity index (χ0) is 37.3. The molecule has 11 heteroatoms. The predicted octanol–water partition coefficient (Wildman–Crippen LogP) is 9.34. The van der Waals surface area contributed by atoms with Gasteiger partial charge in [-0.25, -0.2) is 13.2 Å². The number of fused-ring (bicyclic) bond motifs is 3. The summed E-state index contributed by atoms with van der Waals surface area (Å²) in [6.45, 7) is 16.7. The van der Waals surface area contributed by atoms with E-state index >= 15 is 8.78 Å². The maximum absolute atomic E-state index is 17.2. The number of halogens is 3. The standard InChI is InChI=1S/C41H50F3N5O2Si/c1-24(2)52(25(3)4,26(5)6)17-12-30-33(43)11-10-27-18-29(50)19-31(34(27)30)36-35(44)37-32(21-45-36)38(48(8)40(7)14-15-40)47-39(46-37)51-23-41-13-9-16-49(41)22-28(42)20-41/h10-11,18-19,21,24-26,28,50H,9,13-16,20,22-23H2,1-8H3/t28-,41+/m1/s1. The maximum Gasteiger partial charge on any atom is 0.319 e. The fraction of sp³-hybridized carbons (Fsp3) is 0.537. The van der Waals surface area contributed by atoms with Crippen LogP contribution in [0.2, 0.25) is 16.6 Å². The third-order valence-corrected chi connectivity index (χ3v) is 18.8. The first-order valence-electron chi connectivity index (χ1n) is 18.7. The zero-order valence-electron chi connectivity index (χ0n) is 31.6. The van der Waals surface area contributed by atoms with E-state index in [0.29, 0.717) is 51.6 Å². The monoisotopic (exact) mass is 729 g/mol. The van der Waals surface area contributed by atoms with Crippen LogP contribution >= 0.6 is 0 Å². The molecule has 4 heterocycles. The van der Waals surface area contributed by atoms with Gasteiger partial charge in [-0.2, -0.15) is 9.97 Å². The van der Waals surface area contributed by atoms with Gasteiger partial charge in [0.2, 0.25) is 0 Å². The fourth-order valence-electron chi connectivity index (χ4n) is 9.29. The molecule has 2 aromatic carbocycles. The molecule has 1 aliphatic carbocycles. The van der Waals surface area contributed by atoms with Crippen LogP contribution in [0, 0.1) is 23.1 Å². The summed E-state index contributed by atoms with van der Waals surface area (Å²) in [6.07, 6.45) is 4.70. The average molecular weight is 730 g/mol. The number of pyridine rings is 1. The number of aromatic hydroxyl groups is 1. The Bertz CT molecular complexity index is 2090. The summed E-state index contributed by atoms with van der Waals surface area (Å²) >= 11 is 0. The number of nitrogens with zero attached hydrogens (tertiary/aromatic N) is 5. The highest BCUT2D eigenvalue weighted by Gasteiger charge is 2.50. The summed E-state index contributed by atoms with van der Waals surface area (Å²) in [5.74, 6) is 2.39. The van der Waals surface area contributed by atoms with Crippen LogP contribution in [0.3, 0.4) is 0 Å². The van der Waals surface area contributed by atoms with Crippen LogP contribution in [-0.4, -0.2) is 77.0 Å². The van der Waals surface area contributed by atoms with Gasteiger partial charge < -0.3 is 14.7 Å². The van der Waals surface area contributed by atoms with Crippen LogP contribution in [0.5, 0.6) is 11.8 Å². The molecule has 52 heavy (non-hydrogen) atoms. The van der Waals surface area contributed by atoms with Gasteiger partial charge in [0.15, 0.2) is 5.82 Å². The fourth-order valence-corrected chi connectivity index (χ4v) is 14.5. The number of phenolic OH excluding ortho intramolecular Hbond substituents is 1. The molecule has 4 aromatic rings. The second kappa shape index (κ2) is 13.2. The number of alkyl halides is 1. The van der Waals surface area contributed by atoms with Gasteiger partial charge in [0.1, 0.15) is 49.4 Å². The third kappa shape index (κ3) is 6.00. The topological polar surface area (TPSA) is 74.6 Å². The van der Waals surface area contributed by atoms with Crippen molar-refractivity contribution in [2.24, 2.45) is 0 Å². The molecule has 1 N–H and O–H groups in total. The molecule has 1 saturated carbocycles. The van der Waals surface area contributed by atoms with Gasteiger partial charge in [0.05, 0.1) is 16.5 Å². The van der Waals surface area contributed by atoms with Crippen LogP contribution in [0.25, 0.3) is 32.9 Å². The van der Waals surface area contributed by atoms with Gasteiger partial charge in [-0.15, -0.1) is 5.54 Å². The van der Waals surface area contributed by atoms with E-state index in [9.17, 15) is 9.50 Å². The van der Waals surface area contributed by atoms with Crippen LogP contribution < -0.4 is 9.64 Å². The van der Waals surface area contributed by atoms with Crippen LogP contribution in [-0.2, 0) is 0 Å². The molecular weight excluding hydrogens is 680 g/mol. The van der Waals surface area contributed by atoms with E-state index in [-0.39, 0.29) is 46.2 Å². The molecule has 0 radical (unpaired) electrons. The molecule has 0 unspecified atom stereocenters. The quantitative estimate of drug-likeness (QED) is 0.136. The minimum absolute atomic E-state index is 0.00282. The Hall–Kier alpha value is -3.88. The van der Waals surface area contributed by atoms with Crippen molar-refractivity contribution < 1.29 is 23.0 Å². The first-order chi connectivity index (χ1) is 24.6. The Morgan fingerprint density at radius 2 is 1.77 bits per heavy atom. The van der Waals surface area contributed by atoms with Crippen molar-refractivity contribution in [3.05, 3.63) is 47.7 Å². The zero-order valence-corrected chi connectivity index (χ0v) is 32.6. The van der Waals surface area contributed by atoms with Gasteiger partial charge in [0, 0.05) is 42.7 Å². The molecule has 2 saturated heterocycles. The molecular formula is C41H50F3N5O2Si. The highest BCUT2D eigenvalue weighted by Crippen LogP contribution is 2.46.